The first-order chi connectivity index (χ1) is 10.7. The van der Waals surface area contributed by atoms with Gasteiger partial charge < -0.3 is 9.21 Å². The van der Waals surface area contributed by atoms with Crippen molar-refractivity contribution in [3.63, 3.8) is 0 Å². The van der Waals surface area contributed by atoms with Gasteiger partial charge in [-0.15, -0.1) is 23.1 Å². The molecule has 0 unspecified atom stereocenters. The highest BCUT2D eigenvalue weighted by atomic mass is 35.5. The number of thiophene rings is 1. The zero-order valence-corrected chi connectivity index (χ0v) is 14.2. The van der Waals surface area contributed by atoms with Gasteiger partial charge >= 0.3 is 0 Å². The van der Waals surface area contributed by atoms with Gasteiger partial charge in [0.2, 0.25) is 0 Å². The van der Waals surface area contributed by atoms with Crippen molar-refractivity contribution < 1.29 is 9.21 Å². The van der Waals surface area contributed by atoms with Crippen molar-refractivity contribution >= 4 is 41.0 Å². The van der Waals surface area contributed by atoms with Gasteiger partial charge in [0.15, 0.2) is 0 Å². The Labute approximate surface area is 142 Å². The summed E-state index contributed by atoms with van der Waals surface area (Å²) in [5.41, 5.74) is 1.89. The second-order valence-corrected chi connectivity index (χ2v) is 7.26. The van der Waals surface area contributed by atoms with Crippen molar-refractivity contribution in [2.45, 2.75) is 11.3 Å². The van der Waals surface area contributed by atoms with Crippen LogP contribution in [-0.4, -0.2) is 12.5 Å². The maximum Gasteiger partial charge on any atom is 0.148 e. The average molecular weight is 349 g/mol. The van der Waals surface area contributed by atoms with Gasteiger partial charge in [0, 0.05) is 22.4 Å². The predicted molar refractivity (Wildman–Crippen MR) is 94.0 cm³/mol. The first kappa shape index (κ1) is 15.4. The van der Waals surface area contributed by atoms with Crippen LogP contribution >= 0.6 is 34.7 Å². The summed E-state index contributed by atoms with van der Waals surface area (Å²) in [6.45, 7) is 0. The zero-order chi connectivity index (χ0) is 15.5. The van der Waals surface area contributed by atoms with Crippen LogP contribution in [0.1, 0.15) is 5.56 Å². The van der Waals surface area contributed by atoms with E-state index in [2.05, 4.69) is 12.1 Å². The molecule has 3 aromatic rings. The van der Waals surface area contributed by atoms with E-state index in [1.54, 1.807) is 11.8 Å². The largest absolute Gasteiger partial charge is 0.455 e. The number of halogens is 1. The van der Waals surface area contributed by atoms with Crippen molar-refractivity contribution in [3.05, 3.63) is 52.4 Å². The van der Waals surface area contributed by atoms with E-state index in [4.69, 9.17) is 16.0 Å². The SMILES string of the molecule is CSc1ccc(-c2cc(CC=O)c(-c3ccc(Cl)s3)o2)cc1. The number of thioether (sulfide) groups is 1. The molecule has 0 spiro atoms. The van der Waals surface area contributed by atoms with Crippen LogP contribution in [0, 0.1) is 0 Å². The van der Waals surface area contributed by atoms with Crippen LogP contribution in [0.2, 0.25) is 4.34 Å². The summed E-state index contributed by atoms with van der Waals surface area (Å²) < 4.78 is 6.72. The first-order valence-corrected chi connectivity index (χ1v) is 9.09. The molecule has 0 aliphatic rings. The summed E-state index contributed by atoms with van der Waals surface area (Å²) in [6.07, 6.45) is 3.27. The maximum absolute atomic E-state index is 10.9. The molecular formula is C17H13ClO2S2. The monoisotopic (exact) mass is 348 g/mol. The highest BCUT2D eigenvalue weighted by molar-refractivity contribution is 7.98. The molecule has 0 atom stereocenters. The van der Waals surface area contributed by atoms with Gasteiger partial charge in [-0.1, -0.05) is 23.7 Å². The third-order valence-electron chi connectivity index (χ3n) is 3.28. The molecule has 2 aromatic heterocycles. The minimum Gasteiger partial charge on any atom is -0.455 e. The highest BCUT2D eigenvalue weighted by Gasteiger charge is 2.15. The summed E-state index contributed by atoms with van der Waals surface area (Å²) in [5, 5.41) is 0. The van der Waals surface area contributed by atoms with Crippen LogP contribution in [0.25, 0.3) is 22.0 Å². The minimum atomic E-state index is 0.331. The lowest BCUT2D eigenvalue weighted by Crippen LogP contribution is -1.84. The van der Waals surface area contributed by atoms with Gasteiger partial charge in [0.05, 0.1) is 9.21 Å². The Bertz CT molecular complexity index is 787. The summed E-state index contributed by atoms with van der Waals surface area (Å²) in [4.78, 5) is 13.1. The molecule has 0 aliphatic heterocycles. The lowest BCUT2D eigenvalue weighted by molar-refractivity contribution is -0.107. The van der Waals surface area contributed by atoms with Gasteiger partial charge in [0.1, 0.15) is 17.8 Å². The average Bonchev–Trinajstić information content (AvgIpc) is 3.14. The number of carbonyl (C=O) groups is 1. The molecule has 0 saturated carbocycles. The van der Waals surface area contributed by atoms with E-state index in [1.807, 2.05) is 36.6 Å². The van der Waals surface area contributed by atoms with Crippen molar-refractivity contribution in [3.8, 4) is 22.0 Å². The quantitative estimate of drug-likeness (QED) is 0.431. The molecule has 0 amide bonds. The molecule has 5 heteroatoms. The van der Waals surface area contributed by atoms with Crippen molar-refractivity contribution in [1.29, 1.82) is 0 Å². The van der Waals surface area contributed by atoms with Crippen LogP contribution in [0.4, 0.5) is 0 Å². The molecule has 2 heterocycles. The predicted octanol–water partition coefficient (Wildman–Crippen LogP) is 5.79. The van der Waals surface area contributed by atoms with Crippen molar-refractivity contribution in [2.75, 3.05) is 6.26 Å². The number of carbonyl (C=O) groups excluding carboxylic acids is 1. The molecule has 22 heavy (non-hydrogen) atoms. The van der Waals surface area contributed by atoms with Gasteiger partial charge in [-0.2, -0.15) is 0 Å². The lowest BCUT2D eigenvalue weighted by atomic mass is 10.1. The van der Waals surface area contributed by atoms with Crippen LogP contribution in [0.3, 0.4) is 0 Å². The molecule has 0 saturated heterocycles. The van der Waals surface area contributed by atoms with E-state index < -0.39 is 0 Å². The van der Waals surface area contributed by atoms with Crippen LogP contribution in [-0.2, 0) is 11.2 Å². The van der Waals surface area contributed by atoms with E-state index in [9.17, 15) is 4.79 Å². The normalized spacial score (nSPS) is 10.8. The van der Waals surface area contributed by atoms with E-state index in [0.29, 0.717) is 10.8 Å². The molecule has 3 rings (SSSR count). The molecule has 0 aliphatic carbocycles. The fourth-order valence-electron chi connectivity index (χ4n) is 2.21. The maximum atomic E-state index is 10.9. The Balaban J connectivity index is 2.03. The van der Waals surface area contributed by atoms with Gasteiger partial charge in [-0.25, -0.2) is 0 Å². The van der Waals surface area contributed by atoms with Crippen LogP contribution in [0.5, 0.6) is 0 Å². The Hall–Kier alpha value is -1.49. The number of aldehydes is 1. The van der Waals surface area contributed by atoms with E-state index in [-0.39, 0.29) is 0 Å². The Morgan fingerprint density at radius 1 is 1.23 bits per heavy atom. The van der Waals surface area contributed by atoms with E-state index in [0.717, 1.165) is 33.8 Å². The van der Waals surface area contributed by atoms with E-state index in [1.165, 1.54) is 16.2 Å². The third kappa shape index (κ3) is 3.14. The smallest absolute Gasteiger partial charge is 0.148 e. The topological polar surface area (TPSA) is 30.2 Å². The Morgan fingerprint density at radius 3 is 2.59 bits per heavy atom. The standard InChI is InChI=1S/C17H13ClO2S2/c1-21-13-4-2-11(3-5-13)14-10-12(8-9-19)17(20-14)15-6-7-16(18)22-15/h2-7,9-10H,8H2,1H3. The second kappa shape index (κ2) is 6.73. The lowest BCUT2D eigenvalue weighted by Gasteiger charge is -1.99. The summed E-state index contributed by atoms with van der Waals surface area (Å²) in [7, 11) is 0. The Morgan fingerprint density at radius 2 is 2.00 bits per heavy atom. The molecule has 0 bridgehead atoms. The zero-order valence-electron chi connectivity index (χ0n) is 11.8. The van der Waals surface area contributed by atoms with Gasteiger partial charge in [-0.05, 0) is 36.6 Å². The Kier molecular flexibility index (Phi) is 4.71. The summed E-state index contributed by atoms with van der Waals surface area (Å²) in [6, 6.07) is 13.9. The van der Waals surface area contributed by atoms with Crippen LogP contribution < -0.4 is 0 Å². The summed E-state index contributed by atoms with van der Waals surface area (Å²) in [5.74, 6) is 1.50. The number of hydrogen-bond acceptors (Lipinski definition) is 4. The molecule has 1 aromatic carbocycles. The number of benzene rings is 1. The molecule has 0 fully saturated rings. The van der Waals surface area contributed by atoms with Gasteiger partial charge in [0.25, 0.3) is 0 Å². The van der Waals surface area contributed by atoms with Crippen molar-refractivity contribution in [1.82, 2.24) is 0 Å². The fraction of sp³-hybridized carbons (Fsp3) is 0.118. The first-order valence-electron chi connectivity index (χ1n) is 6.67. The molecule has 2 nitrogen and oxygen atoms in total. The van der Waals surface area contributed by atoms with Crippen LogP contribution in [0.15, 0.2) is 51.8 Å². The third-order valence-corrected chi connectivity index (χ3v) is 5.26. The molecule has 0 radical (unpaired) electrons. The second-order valence-electron chi connectivity index (χ2n) is 4.67. The number of furan rings is 1. The molecule has 112 valence electrons. The number of rotatable bonds is 5. The highest BCUT2D eigenvalue weighted by Crippen LogP contribution is 2.38. The van der Waals surface area contributed by atoms with E-state index >= 15 is 0 Å². The fourth-order valence-corrected chi connectivity index (χ4v) is 3.68. The number of hydrogen-bond donors (Lipinski definition) is 0. The molecular weight excluding hydrogens is 336 g/mol. The molecule has 0 N–H and O–H groups in total. The summed E-state index contributed by atoms with van der Waals surface area (Å²) >= 11 is 9.15. The minimum absolute atomic E-state index is 0.331. The van der Waals surface area contributed by atoms with Gasteiger partial charge in [-0.3, -0.25) is 0 Å². The van der Waals surface area contributed by atoms with Crippen molar-refractivity contribution in [2.24, 2.45) is 0 Å².